The monoisotopic (exact) mass is 652 g/mol. The number of nitrogens with zero attached hydrogens (tertiary/aromatic N) is 6. The second-order valence-corrected chi connectivity index (χ2v) is 13.3. The van der Waals surface area contributed by atoms with Gasteiger partial charge in [-0.2, -0.15) is 15.8 Å². The van der Waals surface area contributed by atoms with E-state index in [0.29, 0.717) is 17.5 Å². The lowest BCUT2D eigenvalue weighted by Crippen LogP contribution is -2.18. The number of nitriles is 3. The summed E-state index contributed by atoms with van der Waals surface area (Å²) in [4.78, 5) is 5.45. The van der Waals surface area contributed by atoms with Crippen LogP contribution in [0.25, 0.3) is 72.7 Å². The summed E-state index contributed by atoms with van der Waals surface area (Å²) in [5.74, 6) is 1.49. The molecular weight excluding hydrogens is 625 g/mol. The van der Waals surface area contributed by atoms with Crippen LogP contribution in [0.5, 0.6) is 0 Å². The number of benzene rings is 5. The Morgan fingerprint density at radius 2 is 1.16 bits per heavy atom. The second kappa shape index (κ2) is 11.5. The summed E-state index contributed by atoms with van der Waals surface area (Å²) in [6.45, 7) is 1.95. The molecule has 0 N–H and O–H groups in total. The first-order chi connectivity index (χ1) is 25.0. The lowest BCUT2D eigenvalue weighted by Gasteiger charge is -2.22. The third-order valence-corrected chi connectivity index (χ3v) is 10.0. The van der Waals surface area contributed by atoms with E-state index in [0.717, 1.165) is 77.9 Å². The number of hydrogen-bond acceptors (Lipinski definition) is 4. The topological polar surface area (TPSA) is 94.1 Å². The molecule has 0 spiro atoms. The number of allylic oxidation sites excluding steroid dienone is 1. The Bertz CT molecular complexity index is 2830. The largest absolute Gasteiger partial charge is 0.294 e. The average molecular weight is 653 g/mol. The molecule has 0 bridgehead atoms. The van der Waals surface area contributed by atoms with E-state index < -0.39 is 5.41 Å². The van der Waals surface area contributed by atoms with Gasteiger partial charge in [0.2, 0.25) is 0 Å². The van der Waals surface area contributed by atoms with Gasteiger partial charge in [-0.15, -0.1) is 0 Å². The van der Waals surface area contributed by atoms with E-state index >= 15 is 0 Å². The Morgan fingerprint density at radius 1 is 0.588 bits per heavy atom. The summed E-state index contributed by atoms with van der Waals surface area (Å²) in [5, 5.41) is 32.6. The van der Waals surface area contributed by atoms with E-state index in [4.69, 9.17) is 4.98 Å². The van der Waals surface area contributed by atoms with Crippen molar-refractivity contribution in [1.82, 2.24) is 14.1 Å². The Kier molecular flexibility index (Phi) is 6.72. The van der Waals surface area contributed by atoms with Gasteiger partial charge >= 0.3 is 0 Å². The molecule has 3 aromatic heterocycles. The summed E-state index contributed by atoms with van der Waals surface area (Å²) in [6, 6.07) is 49.9. The number of pyridine rings is 1. The fourth-order valence-corrected chi connectivity index (χ4v) is 7.59. The van der Waals surface area contributed by atoms with Gasteiger partial charge in [0.25, 0.3) is 0 Å². The minimum absolute atomic E-state index is 0.522. The van der Waals surface area contributed by atoms with E-state index in [1.807, 2.05) is 73.7 Å². The zero-order valence-electron chi connectivity index (χ0n) is 27.7. The SMILES string of the molecule is CC1(C#N)C=Cc2c(c3cc(C#N)ccc3n2-c2cc(-c3ccccc3-c3ccc(C#N)cc3)cc(-n3c4ccccc4c4ccccc43)n2)C1. The quantitative estimate of drug-likeness (QED) is 0.189. The van der Waals surface area contributed by atoms with Crippen molar-refractivity contribution < 1.29 is 0 Å². The van der Waals surface area contributed by atoms with Gasteiger partial charge in [-0.25, -0.2) is 4.98 Å². The van der Waals surface area contributed by atoms with Crippen LogP contribution in [0.1, 0.15) is 29.3 Å². The highest BCUT2D eigenvalue weighted by molar-refractivity contribution is 6.09. The molecule has 0 saturated heterocycles. The average Bonchev–Trinajstić information content (AvgIpc) is 3.69. The Labute approximate surface area is 294 Å². The van der Waals surface area contributed by atoms with Gasteiger partial charge in [-0.3, -0.25) is 9.13 Å². The number of para-hydroxylation sites is 2. The highest BCUT2D eigenvalue weighted by atomic mass is 15.1. The Morgan fingerprint density at radius 3 is 1.80 bits per heavy atom. The minimum atomic E-state index is -0.668. The molecule has 3 heterocycles. The van der Waals surface area contributed by atoms with Gasteiger partial charge in [0.05, 0.1) is 57.0 Å². The molecule has 9 rings (SSSR count). The third kappa shape index (κ3) is 4.72. The van der Waals surface area contributed by atoms with E-state index in [1.54, 1.807) is 0 Å². The molecule has 1 aliphatic carbocycles. The van der Waals surface area contributed by atoms with E-state index in [-0.39, 0.29) is 0 Å². The summed E-state index contributed by atoms with van der Waals surface area (Å²) in [7, 11) is 0. The van der Waals surface area contributed by atoms with Crippen molar-refractivity contribution >= 4 is 38.8 Å². The van der Waals surface area contributed by atoms with Gasteiger partial charge in [0, 0.05) is 16.2 Å². The maximum atomic E-state index is 10.1. The molecule has 1 aliphatic rings. The van der Waals surface area contributed by atoms with Gasteiger partial charge in [0.15, 0.2) is 0 Å². The van der Waals surface area contributed by atoms with Crippen LogP contribution >= 0.6 is 0 Å². The molecule has 51 heavy (non-hydrogen) atoms. The highest BCUT2D eigenvalue weighted by Gasteiger charge is 2.31. The van der Waals surface area contributed by atoms with E-state index in [2.05, 4.69) is 100 Å². The molecule has 0 amide bonds. The fourth-order valence-electron chi connectivity index (χ4n) is 7.59. The first kappa shape index (κ1) is 29.9. The smallest absolute Gasteiger partial charge is 0.140 e. The summed E-state index contributed by atoms with van der Waals surface area (Å²) in [5.41, 5.74) is 9.56. The number of rotatable bonds is 4. The Balaban J connectivity index is 1.38. The van der Waals surface area contributed by atoms with Crippen LogP contribution in [-0.4, -0.2) is 14.1 Å². The van der Waals surface area contributed by atoms with Crippen LogP contribution in [0.15, 0.2) is 133 Å². The van der Waals surface area contributed by atoms with Crippen molar-refractivity contribution in [1.29, 1.82) is 15.8 Å². The van der Waals surface area contributed by atoms with E-state index in [9.17, 15) is 15.8 Å². The van der Waals surface area contributed by atoms with E-state index in [1.165, 1.54) is 0 Å². The predicted octanol–water partition coefficient (Wildman–Crippen LogP) is 10.3. The minimum Gasteiger partial charge on any atom is -0.294 e. The van der Waals surface area contributed by atoms with Crippen LogP contribution in [-0.2, 0) is 6.42 Å². The molecule has 0 saturated carbocycles. The van der Waals surface area contributed by atoms with Crippen molar-refractivity contribution in [3.63, 3.8) is 0 Å². The molecule has 0 radical (unpaired) electrons. The highest BCUT2D eigenvalue weighted by Crippen LogP contribution is 2.42. The molecule has 5 aromatic carbocycles. The Hall–Kier alpha value is -7.20. The second-order valence-electron chi connectivity index (χ2n) is 13.3. The molecule has 1 unspecified atom stereocenters. The fraction of sp³-hybridized carbons (Fsp3) is 0.0667. The van der Waals surface area contributed by atoms with Crippen molar-refractivity contribution in [3.8, 4) is 52.1 Å². The molecule has 6 heteroatoms. The van der Waals surface area contributed by atoms with Crippen molar-refractivity contribution in [2.75, 3.05) is 0 Å². The van der Waals surface area contributed by atoms with Crippen LogP contribution in [0.4, 0.5) is 0 Å². The number of aromatic nitrogens is 3. The molecule has 1 atom stereocenters. The molecule has 6 nitrogen and oxygen atoms in total. The lowest BCUT2D eigenvalue weighted by molar-refractivity contribution is 0.561. The van der Waals surface area contributed by atoms with Crippen LogP contribution in [0, 0.1) is 39.4 Å². The predicted molar refractivity (Wildman–Crippen MR) is 202 cm³/mol. The maximum Gasteiger partial charge on any atom is 0.140 e. The van der Waals surface area contributed by atoms with Crippen LogP contribution < -0.4 is 0 Å². The summed E-state index contributed by atoms with van der Waals surface area (Å²) < 4.78 is 4.40. The zero-order valence-corrected chi connectivity index (χ0v) is 27.7. The number of fused-ring (bicyclic) bond motifs is 6. The van der Waals surface area contributed by atoms with Gasteiger partial charge in [-0.1, -0.05) is 78.9 Å². The standard InChI is InChI=1S/C45H28N6/c1-45(28-48)21-20-42-38(25-45)37-22-30(27-47)16-19-41(37)51(42)44-24-32(34-9-3-2-8-33(34)31-17-14-29(26-46)15-18-31)23-43(49-44)50-39-12-6-4-10-35(39)36-11-5-7-13-40(36)50/h2-24H,25H2,1H3. The van der Waals surface area contributed by atoms with Crippen molar-refractivity contribution in [3.05, 3.63) is 156 Å². The molecule has 0 aliphatic heterocycles. The molecule has 0 fully saturated rings. The molecule has 8 aromatic rings. The van der Waals surface area contributed by atoms with Crippen LogP contribution in [0.3, 0.4) is 0 Å². The normalized spacial score (nSPS) is 15.0. The number of hydrogen-bond donors (Lipinski definition) is 0. The summed E-state index contributed by atoms with van der Waals surface area (Å²) in [6.07, 6.45) is 4.54. The zero-order chi connectivity index (χ0) is 34.7. The first-order valence-corrected chi connectivity index (χ1v) is 16.8. The van der Waals surface area contributed by atoms with Gasteiger partial charge < -0.3 is 0 Å². The maximum absolute atomic E-state index is 10.1. The molecule has 238 valence electrons. The van der Waals surface area contributed by atoms with Gasteiger partial charge in [0.1, 0.15) is 11.6 Å². The van der Waals surface area contributed by atoms with Crippen molar-refractivity contribution in [2.24, 2.45) is 5.41 Å². The van der Waals surface area contributed by atoms with Crippen molar-refractivity contribution in [2.45, 2.75) is 13.3 Å². The lowest BCUT2D eigenvalue weighted by atomic mass is 9.80. The summed E-state index contributed by atoms with van der Waals surface area (Å²) >= 11 is 0. The van der Waals surface area contributed by atoms with Crippen LogP contribution in [0.2, 0.25) is 0 Å². The third-order valence-electron chi connectivity index (χ3n) is 10.0. The first-order valence-electron chi connectivity index (χ1n) is 16.8. The molecular formula is C45H28N6. The van der Waals surface area contributed by atoms with Gasteiger partial charge in [-0.05, 0) is 102 Å².